The number of rotatable bonds is 6. The second kappa shape index (κ2) is 7.21. The van der Waals surface area contributed by atoms with E-state index in [1.54, 1.807) is 12.1 Å². The van der Waals surface area contributed by atoms with Crippen LogP contribution in [0.2, 0.25) is 0 Å². The summed E-state index contributed by atoms with van der Waals surface area (Å²) in [4.78, 5) is 0. The summed E-state index contributed by atoms with van der Waals surface area (Å²) in [6, 6.07) is 7.09. The monoisotopic (exact) mass is 277 g/mol. The molecule has 0 spiro atoms. The van der Waals surface area contributed by atoms with Gasteiger partial charge in [0.05, 0.1) is 0 Å². The quantitative estimate of drug-likeness (QED) is 0.803. The molecule has 112 valence electrons. The van der Waals surface area contributed by atoms with Gasteiger partial charge in [-0.25, -0.2) is 4.39 Å². The molecule has 1 aromatic rings. The van der Waals surface area contributed by atoms with E-state index < -0.39 is 0 Å². The highest BCUT2D eigenvalue weighted by Crippen LogP contribution is 2.38. The SMILES string of the molecule is CC(C)CNCC1(Cc2ccc(F)cc2)CCCCC1. The summed E-state index contributed by atoms with van der Waals surface area (Å²) in [7, 11) is 0. The molecule has 1 aromatic carbocycles. The number of halogens is 1. The second-order valence-corrected chi connectivity index (χ2v) is 6.89. The zero-order valence-corrected chi connectivity index (χ0v) is 12.9. The van der Waals surface area contributed by atoms with Crippen LogP contribution >= 0.6 is 0 Å². The number of hydrogen-bond acceptors (Lipinski definition) is 1. The summed E-state index contributed by atoms with van der Waals surface area (Å²) < 4.78 is 13.0. The highest BCUT2D eigenvalue weighted by Gasteiger charge is 2.31. The first-order chi connectivity index (χ1) is 9.60. The lowest BCUT2D eigenvalue weighted by Gasteiger charge is -2.38. The van der Waals surface area contributed by atoms with Gasteiger partial charge < -0.3 is 5.32 Å². The Bertz CT molecular complexity index is 390. The topological polar surface area (TPSA) is 12.0 Å². The van der Waals surface area contributed by atoms with Gasteiger partial charge in [-0.3, -0.25) is 0 Å². The minimum Gasteiger partial charge on any atom is -0.316 e. The van der Waals surface area contributed by atoms with Crippen LogP contribution in [0, 0.1) is 17.2 Å². The van der Waals surface area contributed by atoms with Crippen molar-refractivity contribution in [1.82, 2.24) is 5.32 Å². The molecule has 1 fully saturated rings. The Kier molecular flexibility index (Phi) is 5.59. The zero-order chi connectivity index (χ0) is 14.4. The molecule has 1 aliphatic rings. The van der Waals surface area contributed by atoms with Gasteiger partial charge in [0, 0.05) is 6.54 Å². The zero-order valence-electron chi connectivity index (χ0n) is 12.9. The summed E-state index contributed by atoms with van der Waals surface area (Å²) in [6.45, 7) is 6.69. The van der Waals surface area contributed by atoms with E-state index in [9.17, 15) is 4.39 Å². The van der Waals surface area contributed by atoms with Crippen LogP contribution in [0.4, 0.5) is 4.39 Å². The first-order valence-corrected chi connectivity index (χ1v) is 8.05. The van der Waals surface area contributed by atoms with E-state index in [2.05, 4.69) is 19.2 Å². The van der Waals surface area contributed by atoms with Crippen molar-refractivity contribution < 1.29 is 4.39 Å². The van der Waals surface area contributed by atoms with E-state index in [4.69, 9.17) is 0 Å². The molecule has 0 radical (unpaired) electrons. The molecule has 1 N–H and O–H groups in total. The summed E-state index contributed by atoms with van der Waals surface area (Å²) in [5.41, 5.74) is 1.66. The van der Waals surface area contributed by atoms with Crippen LogP contribution < -0.4 is 5.32 Å². The lowest BCUT2D eigenvalue weighted by molar-refractivity contribution is 0.179. The molecule has 0 aliphatic heterocycles. The average molecular weight is 277 g/mol. The Morgan fingerprint density at radius 2 is 1.75 bits per heavy atom. The minimum atomic E-state index is -0.135. The van der Waals surface area contributed by atoms with Crippen molar-refractivity contribution >= 4 is 0 Å². The largest absolute Gasteiger partial charge is 0.316 e. The van der Waals surface area contributed by atoms with Gasteiger partial charge in [-0.1, -0.05) is 45.2 Å². The summed E-state index contributed by atoms with van der Waals surface area (Å²) in [5.74, 6) is 0.561. The van der Waals surface area contributed by atoms with Gasteiger partial charge >= 0.3 is 0 Å². The van der Waals surface area contributed by atoms with Crippen molar-refractivity contribution in [3.63, 3.8) is 0 Å². The number of nitrogens with one attached hydrogen (secondary N) is 1. The van der Waals surface area contributed by atoms with Gasteiger partial charge in [-0.05, 0) is 54.8 Å². The summed E-state index contributed by atoms with van der Waals surface area (Å²) in [6.07, 6.45) is 7.73. The Labute approximate surface area is 123 Å². The van der Waals surface area contributed by atoms with Gasteiger partial charge in [0.25, 0.3) is 0 Å². The molecule has 1 aliphatic carbocycles. The van der Waals surface area contributed by atoms with Gasteiger partial charge in [-0.15, -0.1) is 0 Å². The maximum Gasteiger partial charge on any atom is 0.123 e. The molecule has 2 rings (SSSR count). The van der Waals surface area contributed by atoms with Gasteiger partial charge in [-0.2, -0.15) is 0 Å². The third-order valence-corrected chi connectivity index (χ3v) is 4.46. The van der Waals surface area contributed by atoms with Gasteiger partial charge in [0.15, 0.2) is 0 Å². The van der Waals surface area contributed by atoms with Crippen LogP contribution in [0.3, 0.4) is 0 Å². The Morgan fingerprint density at radius 1 is 1.10 bits per heavy atom. The molecular weight excluding hydrogens is 249 g/mol. The Balaban J connectivity index is 2.00. The summed E-state index contributed by atoms with van der Waals surface area (Å²) >= 11 is 0. The maximum absolute atomic E-state index is 13.0. The van der Waals surface area contributed by atoms with Crippen molar-refractivity contribution in [2.24, 2.45) is 11.3 Å². The Morgan fingerprint density at radius 3 is 2.35 bits per heavy atom. The molecule has 0 bridgehead atoms. The van der Waals surface area contributed by atoms with Crippen molar-refractivity contribution in [2.45, 2.75) is 52.4 Å². The Hall–Kier alpha value is -0.890. The maximum atomic E-state index is 13.0. The predicted octanol–water partition coefficient (Wildman–Crippen LogP) is 4.56. The molecule has 1 nitrogen and oxygen atoms in total. The van der Waals surface area contributed by atoms with Crippen LogP contribution in [0.15, 0.2) is 24.3 Å². The van der Waals surface area contributed by atoms with E-state index >= 15 is 0 Å². The predicted molar refractivity (Wildman–Crippen MR) is 83.3 cm³/mol. The van der Waals surface area contributed by atoms with Crippen molar-refractivity contribution in [3.05, 3.63) is 35.6 Å². The first-order valence-electron chi connectivity index (χ1n) is 8.05. The van der Waals surface area contributed by atoms with Crippen molar-refractivity contribution in [1.29, 1.82) is 0 Å². The van der Waals surface area contributed by atoms with E-state index in [0.717, 1.165) is 19.5 Å². The molecule has 1 saturated carbocycles. The van der Waals surface area contributed by atoms with Crippen molar-refractivity contribution in [3.8, 4) is 0 Å². The van der Waals surface area contributed by atoms with E-state index in [-0.39, 0.29) is 5.82 Å². The first kappa shape index (κ1) is 15.5. The van der Waals surface area contributed by atoms with Gasteiger partial charge in [0.1, 0.15) is 5.82 Å². The molecule has 0 amide bonds. The average Bonchev–Trinajstić information content (AvgIpc) is 2.42. The molecule has 0 unspecified atom stereocenters. The van der Waals surface area contributed by atoms with E-state index in [1.165, 1.54) is 37.7 Å². The third-order valence-electron chi connectivity index (χ3n) is 4.46. The van der Waals surface area contributed by atoms with E-state index in [0.29, 0.717) is 11.3 Å². The molecule has 20 heavy (non-hydrogen) atoms. The van der Waals surface area contributed by atoms with Crippen LogP contribution in [-0.4, -0.2) is 13.1 Å². The van der Waals surface area contributed by atoms with Crippen LogP contribution in [-0.2, 0) is 6.42 Å². The summed E-state index contributed by atoms with van der Waals surface area (Å²) in [5, 5.41) is 3.65. The van der Waals surface area contributed by atoms with Crippen LogP contribution in [0.1, 0.15) is 51.5 Å². The minimum absolute atomic E-state index is 0.135. The van der Waals surface area contributed by atoms with Crippen LogP contribution in [0.25, 0.3) is 0 Å². The van der Waals surface area contributed by atoms with Crippen LogP contribution in [0.5, 0.6) is 0 Å². The highest BCUT2D eigenvalue weighted by atomic mass is 19.1. The lowest BCUT2D eigenvalue weighted by atomic mass is 9.70. The highest BCUT2D eigenvalue weighted by molar-refractivity contribution is 5.18. The van der Waals surface area contributed by atoms with Gasteiger partial charge in [0.2, 0.25) is 0 Å². The smallest absolute Gasteiger partial charge is 0.123 e. The third kappa shape index (κ3) is 4.59. The fourth-order valence-corrected chi connectivity index (χ4v) is 3.38. The molecule has 2 heteroatoms. The molecule has 0 aromatic heterocycles. The molecular formula is C18H28FN. The molecule has 0 saturated heterocycles. The fourth-order valence-electron chi connectivity index (χ4n) is 3.38. The standard InChI is InChI=1S/C18H28FN/c1-15(2)13-20-14-18(10-4-3-5-11-18)12-16-6-8-17(19)9-7-16/h6-9,15,20H,3-5,10-14H2,1-2H3. The fraction of sp³-hybridized carbons (Fsp3) is 0.667. The lowest BCUT2D eigenvalue weighted by Crippen LogP contribution is -2.39. The molecule has 0 atom stereocenters. The second-order valence-electron chi connectivity index (χ2n) is 6.89. The number of hydrogen-bond donors (Lipinski definition) is 1. The molecule has 0 heterocycles. The van der Waals surface area contributed by atoms with Crippen molar-refractivity contribution in [2.75, 3.05) is 13.1 Å². The van der Waals surface area contributed by atoms with E-state index in [1.807, 2.05) is 12.1 Å². The number of benzene rings is 1. The normalized spacial score (nSPS) is 18.4.